The van der Waals surface area contributed by atoms with Crippen LogP contribution < -0.4 is 5.32 Å². The monoisotopic (exact) mass is 335 g/mol. The molecule has 0 spiro atoms. The maximum absolute atomic E-state index is 6.09. The largest absolute Gasteiger partial charge is 0.313 e. The first-order valence-corrected chi connectivity index (χ1v) is 8.43. The van der Waals surface area contributed by atoms with Gasteiger partial charge in [-0.3, -0.25) is 0 Å². The van der Waals surface area contributed by atoms with E-state index in [1.807, 2.05) is 12.1 Å². The summed E-state index contributed by atoms with van der Waals surface area (Å²) < 4.78 is 0. The molecule has 4 heteroatoms. The van der Waals surface area contributed by atoms with Crippen LogP contribution in [0.2, 0.25) is 10.0 Å². The summed E-state index contributed by atoms with van der Waals surface area (Å²) in [4.78, 5) is 2.30. The summed E-state index contributed by atoms with van der Waals surface area (Å²) in [5.41, 5.74) is 2.71. The third kappa shape index (κ3) is 3.83. The minimum absolute atomic E-state index is 0.670. The zero-order chi connectivity index (χ0) is 14.7. The van der Waals surface area contributed by atoms with E-state index < -0.39 is 0 Å². The number of hydrogen-bond donors (Lipinski definition) is 1. The van der Waals surface area contributed by atoms with Gasteiger partial charge in [0.05, 0.1) is 0 Å². The first-order chi connectivity index (χ1) is 10.2. The quantitative estimate of drug-likeness (QED) is 0.792. The Morgan fingerprint density at radius 1 is 1.00 bits per heavy atom. The van der Waals surface area contributed by atoms with Crippen molar-refractivity contribution in [2.24, 2.45) is 0 Å². The molecule has 1 aliphatic heterocycles. The molecular weight excluding hydrogens is 321 g/mol. The summed E-state index contributed by atoms with van der Waals surface area (Å²) in [7, 11) is 0. The van der Waals surface area contributed by atoms with Crippen LogP contribution in [0.4, 0.5) is 0 Å². The van der Waals surface area contributed by atoms with E-state index in [0.29, 0.717) is 10.0 Å². The summed E-state index contributed by atoms with van der Waals surface area (Å²) in [5.74, 6) is 0. The average molecular weight is 336 g/mol. The molecule has 0 aromatic heterocycles. The summed E-state index contributed by atoms with van der Waals surface area (Å²) in [6, 6.07) is 14.2. The van der Waals surface area contributed by atoms with Crippen molar-refractivity contribution in [2.75, 3.05) is 13.1 Å². The van der Waals surface area contributed by atoms with Crippen LogP contribution >= 0.6 is 35.0 Å². The summed E-state index contributed by atoms with van der Waals surface area (Å²) >= 11 is 13.9. The molecule has 0 atom stereocenters. The van der Waals surface area contributed by atoms with Crippen molar-refractivity contribution >= 4 is 40.5 Å². The highest BCUT2D eigenvalue weighted by Gasteiger charge is 2.11. The Bertz CT molecular complexity index is 662. The van der Waals surface area contributed by atoms with Crippen LogP contribution in [-0.4, -0.2) is 13.1 Å². The maximum Gasteiger partial charge on any atom is 0.0432 e. The predicted molar refractivity (Wildman–Crippen MR) is 92.5 cm³/mol. The van der Waals surface area contributed by atoms with Gasteiger partial charge in [-0.15, -0.1) is 0 Å². The SMILES string of the molecule is Clc1cc(Cl)cc(Sc2ccccc2C2=CCNCC2)c1. The van der Waals surface area contributed by atoms with Gasteiger partial charge in [0, 0.05) is 26.4 Å². The van der Waals surface area contributed by atoms with Gasteiger partial charge in [-0.25, -0.2) is 0 Å². The Labute approximate surface area is 139 Å². The molecule has 1 nitrogen and oxygen atoms in total. The molecule has 1 heterocycles. The normalized spacial score (nSPS) is 14.9. The van der Waals surface area contributed by atoms with Crippen molar-refractivity contribution in [3.8, 4) is 0 Å². The molecule has 0 radical (unpaired) electrons. The molecule has 2 aromatic rings. The number of benzene rings is 2. The Kier molecular flexibility index (Phi) is 4.91. The molecule has 0 saturated heterocycles. The molecular formula is C17H15Cl2NS. The molecule has 1 aliphatic rings. The van der Waals surface area contributed by atoms with Crippen molar-refractivity contribution in [3.63, 3.8) is 0 Å². The fourth-order valence-electron chi connectivity index (χ4n) is 2.40. The fraction of sp³-hybridized carbons (Fsp3) is 0.176. The molecule has 0 fully saturated rings. The van der Waals surface area contributed by atoms with Crippen LogP contribution in [0.1, 0.15) is 12.0 Å². The molecule has 0 amide bonds. The second-order valence-electron chi connectivity index (χ2n) is 4.89. The van der Waals surface area contributed by atoms with Crippen LogP contribution in [0, 0.1) is 0 Å². The van der Waals surface area contributed by atoms with Gasteiger partial charge in [0.2, 0.25) is 0 Å². The third-order valence-corrected chi connectivity index (χ3v) is 4.84. The van der Waals surface area contributed by atoms with Gasteiger partial charge in [0.25, 0.3) is 0 Å². The van der Waals surface area contributed by atoms with Gasteiger partial charge in [0.1, 0.15) is 0 Å². The lowest BCUT2D eigenvalue weighted by Crippen LogP contribution is -2.20. The average Bonchev–Trinajstić information content (AvgIpc) is 2.48. The van der Waals surface area contributed by atoms with E-state index in [0.717, 1.165) is 24.4 Å². The van der Waals surface area contributed by atoms with Crippen LogP contribution in [0.25, 0.3) is 5.57 Å². The van der Waals surface area contributed by atoms with Gasteiger partial charge in [-0.1, -0.05) is 59.2 Å². The van der Waals surface area contributed by atoms with Crippen molar-refractivity contribution < 1.29 is 0 Å². The van der Waals surface area contributed by atoms with E-state index in [1.54, 1.807) is 17.8 Å². The fourth-order valence-corrected chi connectivity index (χ4v) is 4.14. The van der Waals surface area contributed by atoms with E-state index in [9.17, 15) is 0 Å². The van der Waals surface area contributed by atoms with E-state index in [1.165, 1.54) is 16.0 Å². The Balaban J connectivity index is 1.93. The van der Waals surface area contributed by atoms with Gasteiger partial charge in [-0.05, 0) is 48.4 Å². The minimum Gasteiger partial charge on any atom is -0.313 e. The maximum atomic E-state index is 6.09. The lowest BCUT2D eigenvalue weighted by atomic mass is 10.0. The van der Waals surface area contributed by atoms with Crippen LogP contribution in [0.15, 0.2) is 58.3 Å². The molecule has 0 aliphatic carbocycles. The van der Waals surface area contributed by atoms with E-state index >= 15 is 0 Å². The molecule has 0 unspecified atom stereocenters. The van der Waals surface area contributed by atoms with E-state index in [2.05, 4.69) is 35.7 Å². The van der Waals surface area contributed by atoms with E-state index in [4.69, 9.17) is 23.2 Å². The Morgan fingerprint density at radius 3 is 2.48 bits per heavy atom. The second-order valence-corrected chi connectivity index (χ2v) is 6.88. The zero-order valence-corrected chi connectivity index (χ0v) is 13.7. The highest BCUT2D eigenvalue weighted by atomic mass is 35.5. The summed E-state index contributed by atoms with van der Waals surface area (Å²) in [6.07, 6.45) is 3.34. The minimum atomic E-state index is 0.670. The van der Waals surface area contributed by atoms with Gasteiger partial charge in [0.15, 0.2) is 0 Å². The molecule has 0 bridgehead atoms. The molecule has 21 heavy (non-hydrogen) atoms. The number of halogens is 2. The lowest BCUT2D eigenvalue weighted by Gasteiger charge is -2.17. The summed E-state index contributed by atoms with van der Waals surface area (Å²) in [5, 5.41) is 4.69. The topological polar surface area (TPSA) is 12.0 Å². The first kappa shape index (κ1) is 15.0. The molecule has 2 aromatic carbocycles. The van der Waals surface area contributed by atoms with Crippen molar-refractivity contribution in [1.82, 2.24) is 5.32 Å². The standard InChI is InChI=1S/C17H15Cl2NS/c18-13-9-14(19)11-15(10-13)21-17-4-2-1-3-16(17)12-5-7-20-8-6-12/h1-5,9-11,20H,6-8H2. The lowest BCUT2D eigenvalue weighted by molar-refractivity contribution is 0.737. The number of hydrogen-bond acceptors (Lipinski definition) is 2. The van der Waals surface area contributed by atoms with Gasteiger partial charge >= 0.3 is 0 Å². The highest BCUT2D eigenvalue weighted by molar-refractivity contribution is 7.99. The van der Waals surface area contributed by atoms with Crippen LogP contribution in [0.5, 0.6) is 0 Å². The molecule has 3 rings (SSSR count). The third-order valence-electron chi connectivity index (χ3n) is 3.36. The van der Waals surface area contributed by atoms with Crippen molar-refractivity contribution in [1.29, 1.82) is 0 Å². The van der Waals surface area contributed by atoms with Crippen molar-refractivity contribution in [2.45, 2.75) is 16.2 Å². The first-order valence-electron chi connectivity index (χ1n) is 6.85. The zero-order valence-electron chi connectivity index (χ0n) is 11.4. The smallest absolute Gasteiger partial charge is 0.0432 e. The molecule has 0 saturated carbocycles. The van der Waals surface area contributed by atoms with Crippen LogP contribution in [-0.2, 0) is 0 Å². The van der Waals surface area contributed by atoms with Gasteiger partial charge < -0.3 is 5.32 Å². The van der Waals surface area contributed by atoms with Gasteiger partial charge in [-0.2, -0.15) is 0 Å². The Morgan fingerprint density at radius 2 is 1.76 bits per heavy atom. The van der Waals surface area contributed by atoms with Crippen LogP contribution in [0.3, 0.4) is 0 Å². The van der Waals surface area contributed by atoms with E-state index in [-0.39, 0.29) is 0 Å². The second kappa shape index (κ2) is 6.89. The molecule has 108 valence electrons. The van der Waals surface area contributed by atoms with Crippen molar-refractivity contribution in [3.05, 3.63) is 64.1 Å². The number of nitrogens with one attached hydrogen (secondary N) is 1. The Hall–Kier alpha value is -0.930. The number of rotatable bonds is 3. The predicted octanol–water partition coefficient (Wildman–Crippen LogP) is 5.52. The highest BCUT2D eigenvalue weighted by Crippen LogP contribution is 2.37. The molecule has 1 N–H and O–H groups in total. The summed E-state index contributed by atoms with van der Waals surface area (Å²) in [6.45, 7) is 1.98.